The van der Waals surface area contributed by atoms with Gasteiger partial charge in [0.15, 0.2) is 13.1 Å². The van der Waals surface area contributed by atoms with Crippen molar-refractivity contribution in [2.75, 3.05) is 45.7 Å². The van der Waals surface area contributed by atoms with Gasteiger partial charge in [0.2, 0.25) is 0 Å². The lowest BCUT2D eigenvalue weighted by molar-refractivity contribution is -0.902. The maximum absolute atomic E-state index is 13.0. The van der Waals surface area contributed by atoms with Crippen LogP contribution < -0.4 is 10.1 Å². The second-order valence-electron chi connectivity index (χ2n) is 8.37. The number of carbonyl (C=O) groups excluding carboxylic acids is 3. The van der Waals surface area contributed by atoms with Gasteiger partial charge in [0, 0.05) is 12.8 Å². The number of hydrogen-bond donors (Lipinski definition) is 1. The zero-order chi connectivity index (χ0) is 23.8. The summed E-state index contributed by atoms with van der Waals surface area (Å²) in [6.07, 6.45) is 1.88. The van der Waals surface area contributed by atoms with E-state index in [1.54, 1.807) is 13.0 Å². The van der Waals surface area contributed by atoms with E-state index in [0.29, 0.717) is 21.5 Å². The molecule has 8 heteroatoms. The van der Waals surface area contributed by atoms with Crippen molar-refractivity contribution >= 4 is 23.5 Å². The van der Waals surface area contributed by atoms with E-state index in [1.165, 1.54) is 20.3 Å². The fourth-order valence-corrected chi connectivity index (χ4v) is 4.23. The molecule has 1 heterocycles. The Morgan fingerprint density at radius 2 is 1.70 bits per heavy atom. The lowest BCUT2D eigenvalue weighted by Crippen LogP contribution is -2.53. The molecule has 8 nitrogen and oxygen atoms in total. The number of quaternary nitrogens is 1. The Labute approximate surface area is 194 Å². The molecule has 1 aliphatic rings. The van der Waals surface area contributed by atoms with Crippen LogP contribution in [0.1, 0.15) is 34.3 Å². The highest BCUT2D eigenvalue weighted by atomic mass is 16.5. The molecule has 33 heavy (non-hydrogen) atoms. The Bertz CT molecular complexity index is 999. The summed E-state index contributed by atoms with van der Waals surface area (Å²) in [6.45, 7) is 3.68. The van der Waals surface area contributed by atoms with Crippen LogP contribution in [0.25, 0.3) is 0 Å². The first-order valence-corrected chi connectivity index (χ1v) is 11.0. The lowest BCUT2D eigenvalue weighted by Gasteiger charge is -2.32. The van der Waals surface area contributed by atoms with Crippen molar-refractivity contribution in [1.82, 2.24) is 0 Å². The third-order valence-corrected chi connectivity index (χ3v) is 5.92. The molecular formula is C25H31N2O6+. The van der Waals surface area contributed by atoms with Crippen LogP contribution in [-0.2, 0) is 25.7 Å². The van der Waals surface area contributed by atoms with Gasteiger partial charge in [-0.25, -0.2) is 9.59 Å². The van der Waals surface area contributed by atoms with Gasteiger partial charge in [0.25, 0.3) is 5.91 Å². The third-order valence-electron chi connectivity index (χ3n) is 5.92. The van der Waals surface area contributed by atoms with Gasteiger partial charge in [-0.05, 0) is 30.2 Å². The first-order valence-electron chi connectivity index (χ1n) is 11.0. The summed E-state index contributed by atoms with van der Waals surface area (Å²) in [5.41, 5.74) is 2.20. The Morgan fingerprint density at radius 3 is 2.33 bits per heavy atom. The number of amides is 1. The van der Waals surface area contributed by atoms with Crippen molar-refractivity contribution in [3.8, 4) is 5.75 Å². The molecule has 1 saturated heterocycles. The second kappa shape index (κ2) is 11.0. The quantitative estimate of drug-likeness (QED) is 0.462. The fourth-order valence-electron chi connectivity index (χ4n) is 4.23. The summed E-state index contributed by atoms with van der Waals surface area (Å²) in [4.78, 5) is 37.9. The third kappa shape index (κ3) is 6.32. The molecule has 0 aromatic heterocycles. The Morgan fingerprint density at radius 1 is 1.00 bits per heavy atom. The summed E-state index contributed by atoms with van der Waals surface area (Å²) in [5, 5.41) is 2.87. The molecule has 1 N–H and O–H groups in total. The largest absolute Gasteiger partial charge is 0.497 e. The normalized spacial score (nSPS) is 14.4. The van der Waals surface area contributed by atoms with E-state index in [1.807, 2.05) is 30.3 Å². The number of ether oxygens (including phenoxy) is 3. The zero-order valence-electron chi connectivity index (χ0n) is 19.4. The SMILES string of the molecule is COC(=O)c1cc(OC)cc(C)c1NC(=O)C[N+]1(CC(=O)OCc2ccccc2)CCCC1. The number of nitrogens with zero attached hydrogens (tertiary/aromatic N) is 1. The maximum atomic E-state index is 13.0. The predicted octanol–water partition coefficient (Wildman–Crippen LogP) is 3.08. The lowest BCUT2D eigenvalue weighted by atomic mass is 10.1. The van der Waals surface area contributed by atoms with E-state index < -0.39 is 5.97 Å². The van der Waals surface area contributed by atoms with Gasteiger partial charge in [-0.15, -0.1) is 0 Å². The van der Waals surface area contributed by atoms with E-state index >= 15 is 0 Å². The standard InChI is InChI=1S/C25H30N2O6/c1-18-13-20(31-2)14-21(25(30)32-3)24(18)26-22(28)15-27(11-7-8-12-27)16-23(29)33-17-19-9-5-4-6-10-19/h4-6,9-10,13-14H,7-8,11-12,15-17H2,1-3H3/p+1. The molecule has 0 atom stereocenters. The number of anilines is 1. The van der Waals surface area contributed by atoms with Crippen molar-refractivity contribution in [2.45, 2.75) is 26.4 Å². The second-order valence-corrected chi connectivity index (χ2v) is 8.37. The number of hydrogen-bond acceptors (Lipinski definition) is 6. The molecule has 1 aliphatic heterocycles. The summed E-state index contributed by atoms with van der Waals surface area (Å²) >= 11 is 0. The number of aryl methyl sites for hydroxylation is 1. The number of likely N-dealkylation sites (tertiary alicyclic amines) is 1. The van der Waals surface area contributed by atoms with Crippen molar-refractivity contribution in [3.63, 3.8) is 0 Å². The highest BCUT2D eigenvalue weighted by Gasteiger charge is 2.37. The van der Waals surface area contributed by atoms with Gasteiger partial charge >= 0.3 is 11.9 Å². The average Bonchev–Trinajstić information content (AvgIpc) is 3.26. The fraction of sp³-hybridized carbons (Fsp3) is 0.400. The average molecular weight is 456 g/mol. The number of methoxy groups -OCH3 is 2. The maximum Gasteiger partial charge on any atom is 0.362 e. The number of carbonyl (C=O) groups is 3. The minimum absolute atomic E-state index is 0.118. The highest BCUT2D eigenvalue weighted by molar-refractivity contribution is 6.03. The smallest absolute Gasteiger partial charge is 0.362 e. The van der Waals surface area contributed by atoms with Crippen LogP contribution in [0.4, 0.5) is 5.69 Å². The number of esters is 2. The van der Waals surface area contributed by atoms with Crippen molar-refractivity contribution in [3.05, 3.63) is 59.2 Å². The van der Waals surface area contributed by atoms with E-state index in [4.69, 9.17) is 14.2 Å². The summed E-state index contributed by atoms with van der Waals surface area (Å²) in [5.74, 6) is -0.674. The molecular weight excluding hydrogens is 424 g/mol. The molecule has 3 rings (SSSR count). The minimum atomic E-state index is -0.568. The minimum Gasteiger partial charge on any atom is -0.497 e. The molecule has 0 aliphatic carbocycles. The van der Waals surface area contributed by atoms with E-state index in [0.717, 1.165) is 31.5 Å². The van der Waals surface area contributed by atoms with Crippen LogP contribution in [0.2, 0.25) is 0 Å². The summed E-state index contributed by atoms with van der Waals surface area (Å²) in [6, 6.07) is 12.8. The molecule has 1 fully saturated rings. The molecule has 0 saturated carbocycles. The summed E-state index contributed by atoms with van der Waals surface area (Å²) < 4.78 is 15.9. The highest BCUT2D eigenvalue weighted by Crippen LogP contribution is 2.28. The van der Waals surface area contributed by atoms with E-state index in [-0.39, 0.29) is 37.1 Å². The van der Waals surface area contributed by atoms with E-state index in [9.17, 15) is 14.4 Å². The zero-order valence-corrected chi connectivity index (χ0v) is 19.4. The van der Waals surface area contributed by atoms with Gasteiger partial charge < -0.3 is 24.0 Å². The molecule has 0 spiro atoms. The van der Waals surface area contributed by atoms with Crippen molar-refractivity contribution in [1.29, 1.82) is 0 Å². The first kappa shape index (κ1) is 24.3. The molecule has 176 valence electrons. The van der Waals surface area contributed by atoms with Gasteiger partial charge in [-0.3, -0.25) is 4.79 Å². The number of rotatable bonds is 9. The van der Waals surface area contributed by atoms with Gasteiger partial charge in [0.1, 0.15) is 12.4 Å². The topological polar surface area (TPSA) is 90.9 Å². The molecule has 0 radical (unpaired) electrons. The molecule has 2 aromatic rings. The van der Waals surface area contributed by atoms with E-state index in [2.05, 4.69) is 5.32 Å². The first-order chi connectivity index (χ1) is 15.9. The van der Waals surface area contributed by atoms with Gasteiger partial charge in [0.05, 0.1) is 38.6 Å². The van der Waals surface area contributed by atoms with Gasteiger partial charge in [-0.1, -0.05) is 30.3 Å². The van der Waals surface area contributed by atoms with Crippen LogP contribution >= 0.6 is 0 Å². The molecule has 2 aromatic carbocycles. The van der Waals surface area contributed by atoms with Crippen LogP contribution in [0, 0.1) is 6.92 Å². The Hall–Kier alpha value is -3.39. The number of nitrogens with one attached hydrogen (secondary N) is 1. The Balaban J connectivity index is 1.69. The van der Waals surface area contributed by atoms with Crippen LogP contribution in [0.5, 0.6) is 5.75 Å². The Kier molecular flexibility index (Phi) is 8.06. The van der Waals surface area contributed by atoms with Crippen LogP contribution in [-0.4, -0.2) is 62.7 Å². The molecule has 1 amide bonds. The molecule has 0 unspecified atom stereocenters. The monoisotopic (exact) mass is 455 g/mol. The van der Waals surface area contributed by atoms with Crippen molar-refractivity contribution in [2.24, 2.45) is 0 Å². The van der Waals surface area contributed by atoms with Crippen molar-refractivity contribution < 1.29 is 33.1 Å². The van der Waals surface area contributed by atoms with Crippen LogP contribution in [0.15, 0.2) is 42.5 Å². The molecule has 0 bridgehead atoms. The predicted molar refractivity (Wildman–Crippen MR) is 123 cm³/mol. The summed E-state index contributed by atoms with van der Waals surface area (Å²) in [7, 11) is 2.79. The van der Waals surface area contributed by atoms with Crippen LogP contribution in [0.3, 0.4) is 0 Å². The number of benzene rings is 2. The van der Waals surface area contributed by atoms with Gasteiger partial charge in [-0.2, -0.15) is 0 Å².